The first-order valence-corrected chi connectivity index (χ1v) is 14.5. The van der Waals surface area contributed by atoms with Crippen LogP contribution in [0.3, 0.4) is 0 Å². The molecule has 0 amide bonds. The molecule has 1 saturated heterocycles. The van der Waals surface area contributed by atoms with Crippen molar-refractivity contribution in [3.8, 4) is 34.0 Å². The quantitative estimate of drug-likeness (QED) is 0.259. The second-order valence-electron chi connectivity index (χ2n) is 9.71. The van der Waals surface area contributed by atoms with E-state index in [1.165, 1.54) is 24.4 Å². The smallest absolute Gasteiger partial charge is 0.189 e. The van der Waals surface area contributed by atoms with E-state index < -0.39 is 20.9 Å². The number of nitrogens with two attached hydrogens (primary N) is 1. The Labute approximate surface area is 231 Å². The first-order chi connectivity index (χ1) is 19.3. The zero-order chi connectivity index (χ0) is 28.3. The van der Waals surface area contributed by atoms with Gasteiger partial charge in [0.1, 0.15) is 11.5 Å². The second-order valence-corrected chi connectivity index (χ2v) is 12.1. The third kappa shape index (κ3) is 5.89. The number of aromatic nitrogens is 3. The molecule has 12 heteroatoms. The van der Waals surface area contributed by atoms with Crippen molar-refractivity contribution in [2.75, 3.05) is 25.6 Å². The first-order valence-electron chi connectivity index (χ1n) is 12.9. The summed E-state index contributed by atoms with van der Waals surface area (Å²) in [4.78, 5) is 8.92. The van der Waals surface area contributed by atoms with Gasteiger partial charge in [-0.2, -0.15) is 0 Å². The van der Waals surface area contributed by atoms with Gasteiger partial charge in [0.25, 0.3) is 0 Å². The highest BCUT2D eigenvalue weighted by Gasteiger charge is 2.23. The van der Waals surface area contributed by atoms with Crippen molar-refractivity contribution in [1.82, 2.24) is 20.4 Å². The number of anilines is 1. The minimum Gasteiger partial charge on any atom is -0.396 e. The van der Waals surface area contributed by atoms with Crippen molar-refractivity contribution >= 4 is 15.7 Å². The lowest BCUT2D eigenvalue weighted by molar-refractivity contribution is 0.190. The summed E-state index contributed by atoms with van der Waals surface area (Å²) < 4.78 is 51.2. The third-order valence-corrected chi connectivity index (χ3v) is 9.15. The van der Waals surface area contributed by atoms with Crippen LogP contribution < -0.4 is 11.1 Å². The number of ether oxygens (including phenoxy) is 1. The van der Waals surface area contributed by atoms with E-state index in [9.17, 15) is 12.8 Å². The number of nitrogen functional groups attached to an aromatic ring is 1. The van der Waals surface area contributed by atoms with E-state index in [0.29, 0.717) is 24.4 Å². The van der Waals surface area contributed by atoms with Gasteiger partial charge >= 0.3 is 0 Å². The Morgan fingerprint density at radius 1 is 1.18 bits per heavy atom. The summed E-state index contributed by atoms with van der Waals surface area (Å²) in [6.07, 6.45) is 2.56. The lowest BCUT2D eigenvalue weighted by atomic mass is 10.1. The molecule has 0 spiro atoms. The highest BCUT2D eigenvalue weighted by atomic mass is 32.2. The van der Waals surface area contributed by atoms with Crippen molar-refractivity contribution in [3.63, 3.8) is 0 Å². The number of nitrogens with zero attached hydrogens (tertiary/aromatic N) is 3. The molecule has 40 heavy (non-hydrogen) atoms. The molecule has 1 unspecified atom stereocenters. The Balaban J connectivity index is 1.35. The highest BCUT2D eigenvalue weighted by Crippen LogP contribution is 2.31. The molecule has 0 saturated carbocycles. The standard InChI is InChI=1S/C28H30FN5O5S/c1-17(8-10-35)40(36,37)21-5-3-19(4-6-21)25-15-32-28(30)27(33-25)26-13-24(34-39-26)22-7-2-18(12-23(22)29)14-31-20-9-11-38-16-20/h2-7,12-13,15,17,20,31,35H,8-11,14,16H2,1H3,(H2,30,32)/t17?,20-/m0/s1. The molecule has 3 heterocycles. The molecule has 2 atom stereocenters. The van der Waals surface area contributed by atoms with E-state index in [-0.39, 0.29) is 52.5 Å². The number of sulfone groups is 1. The topological polar surface area (TPSA) is 153 Å². The Morgan fingerprint density at radius 2 is 1.98 bits per heavy atom. The molecule has 4 N–H and O–H groups in total. The fourth-order valence-corrected chi connectivity index (χ4v) is 5.85. The summed E-state index contributed by atoms with van der Waals surface area (Å²) in [6.45, 7) is 3.28. The van der Waals surface area contributed by atoms with Crippen LogP contribution in [-0.2, 0) is 21.1 Å². The third-order valence-electron chi connectivity index (χ3n) is 6.92. The minimum atomic E-state index is -3.57. The van der Waals surface area contributed by atoms with E-state index >= 15 is 0 Å². The van der Waals surface area contributed by atoms with Crippen LogP contribution in [0.4, 0.5) is 10.2 Å². The SMILES string of the molecule is CC(CCO)S(=O)(=O)c1ccc(-c2cnc(N)c(-c3cc(-c4ccc(CN[C@H]5CCOC5)cc4F)no3)n2)cc1. The van der Waals surface area contributed by atoms with Gasteiger partial charge in [-0.1, -0.05) is 23.4 Å². The van der Waals surface area contributed by atoms with Crippen LogP contribution in [-0.4, -0.2) is 59.8 Å². The molecular formula is C28H30FN5O5S. The number of hydrogen-bond donors (Lipinski definition) is 3. The Bertz CT molecular complexity index is 1590. The van der Waals surface area contributed by atoms with Gasteiger partial charge in [-0.3, -0.25) is 0 Å². The van der Waals surface area contributed by atoms with Crippen LogP contribution in [0.25, 0.3) is 34.0 Å². The van der Waals surface area contributed by atoms with Gasteiger partial charge < -0.3 is 25.4 Å². The predicted molar refractivity (Wildman–Crippen MR) is 147 cm³/mol. The van der Waals surface area contributed by atoms with E-state index in [1.807, 2.05) is 6.07 Å². The van der Waals surface area contributed by atoms with Gasteiger partial charge in [0.05, 0.1) is 28.6 Å². The van der Waals surface area contributed by atoms with E-state index in [0.717, 1.165) is 18.6 Å². The fraction of sp³-hybridized carbons (Fsp3) is 0.321. The second kappa shape index (κ2) is 11.8. The summed E-state index contributed by atoms with van der Waals surface area (Å²) in [7, 11) is -3.57. The number of benzene rings is 2. The summed E-state index contributed by atoms with van der Waals surface area (Å²) in [5, 5.41) is 15.8. The predicted octanol–water partition coefficient (Wildman–Crippen LogP) is 3.61. The molecule has 5 rings (SSSR count). The van der Waals surface area contributed by atoms with E-state index in [2.05, 4.69) is 20.4 Å². The van der Waals surface area contributed by atoms with Crippen LogP contribution in [0.2, 0.25) is 0 Å². The number of halogens is 1. The monoisotopic (exact) mass is 567 g/mol. The van der Waals surface area contributed by atoms with Gasteiger partial charge in [-0.05, 0) is 49.6 Å². The van der Waals surface area contributed by atoms with Crippen LogP contribution >= 0.6 is 0 Å². The van der Waals surface area contributed by atoms with Gasteiger partial charge in [0, 0.05) is 43.0 Å². The summed E-state index contributed by atoms with van der Waals surface area (Å²) in [5.41, 5.74) is 8.72. The van der Waals surface area contributed by atoms with Crippen LogP contribution in [0.15, 0.2) is 64.1 Å². The molecule has 1 aliphatic heterocycles. The normalized spacial score (nSPS) is 16.3. The van der Waals surface area contributed by atoms with Crippen molar-refractivity contribution in [2.45, 2.75) is 42.5 Å². The summed E-state index contributed by atoms with van der Waals surface area (Å²) >= 11 is 0. The van der Waals surface area contributed by atoms with Crippen molar-refractivity contribution in [1.29, 1.82) is 0 Å². The summed E-state index contributed by atoms with van der Waals surface area (Å²) in [5.74, 6) is -0.121. The number of aliphatic hydroxyl groups excluding tert-OH is 1. The molecule has 2 aromatic heterocycles. The average Bonchev–Trinajstić information content (AvgIpc) is 3.65. The molecule has 210 valence electrons. The lowest BCUT2D eigenvalue weighted by Crippen LogP contribution is -2.28. The van der Waals surface area contributed by atoms with Crippen LogP contribution in [0.1, 0.15) is 25.3 Å². The molecular weight excluding hydrogens is 537 g/mol. The maximum Gasteiger partial charge on any atom is 0.189 e. The fourth-order valence-electron chi connectivity index (χ4n) is 4.45. The van der Waals surface area contributed by atoms with Crippen LogP contribution in [0.5, 0.6) is 0 Å². The maximum atomic E-state index is 15.0. The number of hydrogen-bond acceptors (Lipinski definition) is 10. The maximum absolute atomic E-state index is 15.0. The van der Waals surface area contributed by atoms with E-state index in [1.54, 1.807) is 31.2 Å². The van der Waals surface area contributed by atoms with Crippen LogP contribution in [0, 0.1) is 5.82 Å². The van der Waals surface area contributed by atoms with Crippen molar-refractivity contribution in [3.05, 3.63) is 66.1 Å². The summed E-state index contributed by atoms with van der Waals surface area (Å²) in [6, 6.07) is 13.0. The number of rotatable bonds is 10. The minimum absolute atomic E-state index is 0.0984. The van der Waals surface area contributed by atoms with Gasteiger partial charge in [0.15, 0.2) is 27.1 Å². The van der Waals surface area contributed by atoms with Gasteiger partial charge in [0.2, 0.25) is 0 Å². The lowest BCUT2D eigenvalue weighted by Gasteiger charge is -2.12. The van der Waals surface area contributed by atoms with Crippen molar-refractivity contribution < 1.29 is 27.2 Å². The average molecular weight is 568 g/mol. The first kappa shape index (κ1) is 27.8. The van der Waals surface area contributed by atoms with E-state index in [4.69, 9.17) is 20.1 Å². The molecule has 1 aliphatic rings. The largest absolute Gasteiger partial charge is 0.396 e. The molecule has 0 aliphatic carbocycles. The molecule has 0 radical (unpaired) electrons. The molecule has 1 fully saturated rings. The number of nitrogens with one attached hydrogen (secondary N) is 1. The van der Waals surface area contributed by atoms with Gasteiger partial charge in [-0.15, -0.1) is 0 Å². The Morgan fingerprint density at radius 3 is 2.67 bits per heavy atom. The zero-order valence-corrected chi connectivity index (χ0v) is 22.7. The zero-order valence-electron chi connectivity index (χ0n) is 21.9. The van der Waals surface area contributed by atoms with Crippen molar-refractivity contribution in [2.24, 2.45) is 0 Å². The molecule has 0 bridgehead atoms. The highest BCUT2D eigenvalue weighted by molar-refractivity contribution is 7.92. The molecule has 2 aromatic carbocycles. The number of aliphatic hydroxyl groups is 1. The van der Waals surface area contributed by atoms with Gasteiger partial charge in [-0.25, -0.2) is 22.8 Å². The molecule has 10 nitrogen and oxygen atoms in total. The molecule has 4 aromatic rings. The Hall–Kier alpha value is -3.71. The Kier molecular flexibility index (Phi) is 8.22.